The molecule has 8 heteroatoms. The van der Waals surface area contributed by atoms with Crippen molar-refractivity contribution in [3.8, 4) is 11.6 Å². The van der Waals surface area contributed by atoms with Gasteiger partial charge in [0.25, 0.3) is 0 Å². The largest absolute Gasteiger partial charge is 0.461 e. The fourth-order valence-corrected chi connectivity index (χ4v) is 2.34. The molecule has 0 aliphatic carbocycles. The number of furan rings is 1. The van der Waals surface area contributed by atoms with Crippen molar-refractivity contribution >= 4 is 5.91 Å². The van der Waals surface area contributed by atoms with E-state index >= 15 is 0 Å². The summed E-state index contributed by atoms with van der Waals surface area (Å²) in [5.41, 5.74) is 0. The van der Waals surface area contributed by atoms with E-state index in [1.54, 1.807) is 12.1 Å². The average molecular weight is 306 g/mol. The Morgan fingerprint density at radius 2 is 2.41 bits per heavy atom. The molecular weight excluding hydrogens is 288 g/mol. The van der Waals surface area contributed by atoms with Gasteiger partial charge in [-0.1, -0.05) is 5.16 Å². The number of aliphatic hydroxyl groups excluding tert-OH is 1. The maximum absolute atomic E-state index is 11.8. The van der Waals surface area contributed by atoms with Crippen molar-refractivity contribution in [2.24, 2.45) is 5.92 Å². The van der Waals surface area contributed by atoms with Crippen LogP contribution in [-0.4, -0.2) is 46.9 Å². The van der Waals surface area contributed by atoms with Crippen LogP contribution in [0.4, 0.5) is 0 Å². The number of β-amino-alcohol motifs (C(OH)–C–C–N with tert-alkyl or cyclic N) is 1. The van der Waals surface area contributed by atoms with E-state index in [2.05, 4.69) is 20.8 Å². The second kappa shape index (κ2) is 6.71. The molecule has 3 rings (SSSR count). The van der Waals surface area contributed by atoms with Crippen LogP contribution in [0.5, 0.6) is 0 Å². The maximum atomic E-state index is 11.8. The number of aromatic nitrogens is 2. The normalized spacial score (nSPS) is 21.1. The molecule has 0 radical (unpaired) electrons. The van der Waals surface area contributed by atoms with Gasteiger partial charge in [0, 0.05) is 38.4 Å². The van der Waals surface area contributed by atoms with Crippen LogP contribution in [0.1, 0.15) is 12.3 Å². The van der Waals surface area contributed by atoms with Gasteiger partial charge in [-0.2, -0.15) is 4.98 Å². The van der Waals surface area contributed by atoms with E-state index in [0.717, 1.165) is 6.54 Å². The van der Waals surface area contributed by atoms with E-state index in [-0.39, 0.29) is 18.2 Å². The summed E-state index contributed by atoms with van der Waals surface area (Å²) in [5.74, 6) is 1.27. The number of amides is 1. The first-order valence-electron chi connectivity index (χ1n) is 7.24. The van der Waals surface area contributed by atoms with E-state index in [1.807, 2.05) is 0 Å². The van der Waals surface area contributed by atoms with Gasteiger partial charge >= 0.3 is 0 Å². The first-order chi connectivity index (χ1) is 10.7. The van der Waals surface area contributed by atoms with Crippen LogP contribution in [0.15, 0.2) is 27.3 Å². The smallest absolute Gasteiger partial charge is 0.238 e. The fraction of sp³-hybridized carbons (Fsp3) is 0.500. The minimum absolute atomic E-state index is 0.0675. The third-order valence-corrected chi connectivity index (χ3v) is 3.64. The van der Waals surface area contributed by atoms with Gasteiger partial charge in [-0.05, 0) is 12.1 Å². The molecule has 2 aromatic heterocycles. The summed E-state index contributed by atoms with van der Waals surface area (Å²) in [6, 6.07) is 3.48. The highest BCUT2D eigenvalue weighted by Crippen LogP contribution is 2.16. The molecule has 0 saturated carbocycles. The molecule has 2 aromatic rings. The first-order valence-corrected chi connectivity index (χ1v) is 7.24. The van der Waals surface area contributed by atoms with Crippen LogP contribution >= 0.6 is 0 Å². The van der Waals surface area contributed by atoms with E-state index < -0.39 is 6.10 Å². The van der Waals surface area contributed by atoms with Crippen LogP contribution in [0, 0.1) is 5.92 Å². The molecule has 1 saturated heterocycles. The van der Waals surface area contributed by atoms with Gasteiger partial charge in [0.15, 0.2) is 5.76 Å². The van der Waals surface area contributed by atoms with Crippen molar-refractivity contribution in [3.63, 3.8) is 0 Å². The van der Waals surface area contributed by atoms with Gasteiger partial charge in [-0.3, -0.25) is 4.79 Å². The van der Waals surface area contributed by atoms with Gasteiger partial charge in [0.1, 0.15) is 0 Å². The van der Waals surface area contributed by atoms with Crippen molar-refractivity contribution in [3.05, 3.63) is 24.3 Å². The highest BCUT2D eigenvalue weighted by molar-refractivity contribution is 5.76. The van der Waals surface area contributed by atoms with Crippen molar-refractivity contribution in [1.82, 2.24) is 20.8 Å². The lowest BCUT2D eigenvalue weighted by Crippen LogP contribution is -2.34. The highest BCUT2D eigenvalue weighted by Gasteiger charge is 2.25. The summed E-state index contributed by atoms with van der Waals surface area (Å²) in [6.45, 7) is 1.77. The lowest BCUT2D eigenvalue weighted by molar-refractivity contribution is -0.121. The van der Waals surface area contributed by atoms with Crippen LogP contribution in [0.25, 0.3) is 11.6 Å². The second-order valence-electron chi connectivity index (χ2n) is 5.28. The highest BCUT2D eigenvalue weighted by atomic mass is 16.5. The van der Waals surface area contributed by atoms with Crippen LogP contribution in [-0.2, 0) is 11.2 Å². The molecule has 1 aliphatic rings. The van der Waals surface area contributed by atoms with Gasteiger partial charge in [0.2, 0.25) is 17.6 Å². The predicted octanol–water partition coefficient (Wildman–Crippen LogP) is -0.0413. The number of nitrogens with zero attached hydrogens (tertiary/aromatic N) is 2. The standard InChI is InChI=1S/C14H18N4O4/c19-10-8-15-6-9(10)7-16-12(20)3-4-13-17-14(18-22-13)11-2-1-5-21-11/h1-2,5,9-10,15,19H,3-4,6-8H2,(H,16,20). The minimum Gasteiger partial charge on any atom is -0.461 e. The Morgan fingerprint density at radius 3 is 3.14 bits per heavy atom. The Kier molecular flexibility index (Phi) is 4.50. The number of hydrogen-bond acceptors (Lipinski definition) is 7. The Morgan fingerprint density at radius 1 is 1.50 bits per heavy atom. The van der Waals surface area contributed by atoms with E-state index in [9.17, 15) is 9.90 Å². The zero-order chi connectivity index (χ0) is 15.4. The van der Waals surface area contributed by atoms with Crippen molar-refractivity contribution < 1.29 is 18.8 Å². The molecule has 1 amide bonds. The van der Waals surface area contributed by atoms with Crippen LogP contribution in [0.3, 0.4) is 0 Å². The quantitative estimate of drug-likeness (QED) is 0.686. The third-order valence-electron chi connectivity index (χ3n) is 3.64. The van der Waals surface area contributed by atoms with Crippen molar-refractivity contribution in [1.29, 1.82) is 0 Å². The molecule has 1 aliphatic heterocycles. The Labute approximate surface area is 126 Å². The molecule has 118 valence electrons. The molecule has 0 bridgehead atoms. The number of nitrogens with one attached hydrogen (secondary N) is 2. The molecule has 3 N–H and O–H groups in total. The summed E-state index contributed by atoms with van der Waals surface area (Å²) in [5, 5.41) is 19.3. The van der Waals surface area contributed by atoms with Crippen LogP contribution < -0.4 is 10.6 Å². The number of rotatable bonds is 6. The SMILES string of the molecule is O=C(CCc1nc(-c2ccco2)no1)NCC1CNCC1O. The van der Waals surface area contributed by atoms with E-state index in [4.69, 9.17) is 8.94 Å². The summed E-state index contributed by atoms with van der Waals surface area (Å²) >= 11 is 0. The molecule has 22 heavy (non-hydrogen) atoms. The van der Waals surface area contributed by atoms with Crippen molar-refractivity contribution in [2.45, 2.75) is 18.9 Å². The van der Waals surface area contributed by atoms with Crippen LogP contribution in [0.2, 0.25) is 0 Å². The van der Waals surface area contributed by atoms with Crippen molar-refractivity contribution in [2.75, 3.05) is 19.6 Å². The summed E-state index contributed by atoms with van der Waals surface area (Å²) < 4.78 is 10.3. The molecule has 0 aromatic carbocycles. The molecular formula is C14H18N4O4. The zero-order valence-electron chi connectivity index (χ0n) is 12.0. The predicted molar refractivity (Wildman–Crippen MR) is 75.7 cm³/mol. The van der Waals surface area contributed by atoms with E-state index in [1.165, 1.54) is 6.26 Å². The zero-order valence-corrected chi connectivity index (χ0v) is 12.0. The topological polar surface area (TPSA) is 113 Å². The number of carbonyl (C=O) groups excluding carboxylic acids is 1. The molecule has 2 unspecified atom stereocenters. The fourth-order valence-electron chi connectivity index (χ4n) is 2.34. The Bertz CT molecular complexity index is 610. The second-order valence-corrected chi connectivity index (χ2v) is 5.28. The molecule has 8 nitrogen and oxygen atoms in total. The molecule has 3 heterocycles. The summed E-state index contributed by atoms with van der Waals surface area (Å²) in [6.07, 6.45) is 1.76. The Balaban J connectivity index is 1.43. The number of aliphatic hydroxyl groups is 1. The lowest BCUT2D eigenvalue weighted by Gasteiger charge is -2.13. The van der Waals surface area contributed by atoms with E-state index in [0.29, 0.717) is 37.0 Å². The molecule has 2 atom stereocenters. The van der Waals surface area contributed by atoms with Gasteiger partial charge < -0.3 is 24.7 Å². The molecule has 0 spiro atoms. The number of aryl methyl sites for hydroxylation is 1. The van der Waals surface area contributed by atoms with Gasteiger partial charge in [0.05, 0.1) is 12.4 Å². The monoisotopic (exact) mass is 306 g/mol. The Hall–Kier alpha value is -2.19. The average Bonchev–Trinajstić information content (AvgIpc) is 3.24. The third kappa shape index (κ3) is 3.52. The maximum Gasteiger partial charge on any atom is 0.238 e. The van der Waals surface area contributed by atoms with Gasteiger partial charge in [-0.25, -0.2) is 0 Å². The van der Waals surface area contributed by atoms with Gasteiger partial charge in [-0.15, -0.1) is 0 Å². The number of hydrogen-bond donors (Lipinski definition) is 3. The minimum atomic E-state index is -0.396. The first kappa shape index (κ1) is 14.7. The summed E-state index contributed by atoms with van der Waals surface area (Å²) in [4.78, 5) is 16.0. The summed E-state index contributed by atoms with van der Waals surface area (Å²) in [7, 11) is 0. The number of carbonyl (C=O) groups is 1. The molecule has 1 fully saturated rings. The lowest BCUT2D eigenvalue weighted by atomic mass is 10.1.